The van der Waals surface area contributed by atoms with E-state index >= 15 is 0 Å². The third-order valence-corrected chi connectivity index (χ3v) is 3.14. The molecule has 1 N–H and O–H groups in total. The summed E-state index contributed by atoms with van der Waals surface area (Å²) in [6.45, 7) is 1.83. The lowest BCUT2D eigenvalue weighted by atomic mass is 10.1. The van der Waals surface area contributed by atoms with Crippen LogP contribution in [0.2, 0.25) is 0 Å². The third-order valence-electron chi connectivity index (χ3n) is 3.14. The van der Waals surface area contributed by atoms with E-state index in [4.69, 9.17) is 14.7 Å². The fraction of sp³-hybridized carbons (Fsp3) is 0.188. The number of benzene rings is 2. The maximum absolute atomic E-state index is 8.77. The minimum absolute atomic E-state index is 0.584. The molecule has 2 aromatic carbocycles. The summed E-state index contributed by atoms with van der Waals surface area (Å²) in [5, 5.41) is 12.1. The molecule has 0 saturated heterocycles. The molecule has 0 aromatic heterocycles. The highest BCUT2D eigenvalue weighted by Crippen LogP contribution is 2.33. The highest BCUT2D eigenvalue weighted by Gasteiger charge is 2.14. The van der Waals surface area contributed by atoms with Gasteiger partial charge in [-0.3, -0.25) is 0 Å². The van der Waals surface area contributed by atoms with Gasteiger partial charge in [0.2, 0.25) is 0 Å². The predicted octanol–water partition coefficient (Wildman–Crippen LogP) is 2.94. The van der Waals surface area contributed by atoms with Crippen LogP contribution in [0.5, 0.6) is 11.5 Å². The predicted molar refractivity (Wildman–Crippen MR) is 75.9 cm³/mol. The Morgan fingerprint density at radius 1 is 1.05 bits per heavy atom. The van der Waals surface area contributed by atoms with Crippen LogP contribution in [-0.4, -0.2) is 13.2 Å². The fourth-order valence-electron chi connectivity index (χ4n) is 2.13. The third kappa shape index (κ3) is 2.52. The molecule has 0 saturated carbocycles. The molecule has 0 unspecified atom stereocenters. The van der Waals surface area contributed by atoms with Crippen molar-refractivity contribution in [2.24, 2.45) is 0 Å². The van der Waals surface area contributed by atoms with Crippen LogP contribution in [0, 0.1) is 11.3 Å². The van der Waals surface area contributed by atoms with E-state index in [2.05, 4.69) is 11.4 Å². The number of para-hydroxylation sites is 1. The number of hydrogen-bond donors (Lipinski definition) is 1. The molecule has 3 rings (SSSR count). The molecule has 4 nitrogen and oxygen atoms in total. The van der Waals surface area contributed by atoms with Crippen molar-refractivity contribution in [3.05, 3.63) is 53.6 Å². The molecule has 0 bridgehead atoms. The van der Waals surface area contributed by atoms with Crippen LogP contribution in [0.15, 0.2) is 42.5 Å². The van der Waals surface area contributed by atoms with Gasteiger partial charge in [0, 0.05) is 17.8 Å². The Kier molecular flexibility index (Phi) is 3.42. The molecular formula is C16H14N2O2. The van der Waals surface area contributed by atoms with E-state index in [0.29, 0.717) is 25.3 Å². The van der Waals surface area contributed by atoms with E-state index in [-0.39, 0.29) is 0 Å². The molecule has 1 aliphatic heterocycles. The monoisotopic (exact) mass is 266 g/mol. The van der Waals surface area contributed by atoms with Gasteiger partial charge in [-0.05, 0) is 30.3 Å². The first-order valence-electron chi connectivity index (χ1n) is 6.48. The lowest BCUT2D eigenvalue weighted by Crippen LogP contribution is -2.17. The van der Waals surface area contributed by atoms with Crippen LogP contribution in [0.4, 0.5) is 5.69 Å². The molecule has 0 spiro atoms. The Labute approximate surface area is 117 Å². The highest BCUT2D eigenvalue weighted by molar-refractivity contribution is 5.51. The van der Waals surface area contributed by atoms with Crippen LogP contribution in [0.1, 0.15) is 11.1 Å². The number of hydrogen-bond acceptors (Lipinski definition) is 4. The van der Waals surface area contributed by atoms with E-state index in [9.17, 15) is 0 Å². The second kappa shape index (κ2) is 5.54. The Hall–Kier alpha value is -2.67. The van der Waals surface area contributed by atoms with Gasteiger partial charge in [-0.2, -0.15) is 5.26 Å². The van der Waals surface area contributed by atoms with Gasteiger partial charge in [-0.1, -0.05) is 12.1 Å². The quantitative estimate of drug-likeness (QED) is 0.928. The Morgan fingerprint density at radius 2 is 1.85 bits per heavy atom. The summed E-state index contributed by atoms with van der Waals surface area (Å²) in [5.41, 5.74) is 2.69. The molecule has 1 aliphatic rings. The first-order chi connectivity index (χ1) is 9.86. The first kappa shape index (κ1) is 12.4. The topological polar surface area (TPSA) is 54.3 Å². The summed E-state index contributed by atoms with van der Waals surface area (Å²) in [4.78, 5) is 0. The molecule has 0 atom stereocenters. The van der Waals surface area contributed by atoms with Crippen molar-refractivity contribution < 1.29 is 9.47 Å². The SMILES string of the molecule is N#Cc1ccc(NCc2cccc3c2OCCO3)cc1. The fourth-order valence-corrected chi connectivity index (χ4v) is 2.13. The number of nitriles is 1. The molecule has 0 fully saturated rings. The van der Waals surface area contributed by atoms with Gasteiger partial charge in [-0.15, -0.1) is 0 Å². The number of nitrogens with zero attached hydrogens (tertiary/aromatic N) is 1. The van der Waals surface area contributed by atoms with Crippen LogP contribution in [-0.2, 0) is 6.54 Å². The number of nitrogens with one attached hydrogen (secondary N) is 1. The number of rotatable bonds is 3. The van der Waals surface area contributed by atoms with Gasteiger partial charge >= 0.3 is 0 Å². The van der Waals surface area contributed by atoms with Gasteiger partial charge in [0.05, 0.1) is 11.6 Å². The van der Waals surface area contributed by atoms with Gasteiger partial charge < -0.3 is 14.8 Å². The van der Waals surface area contributed by atoms with Gasteiger partial charge in [-0.25, -0.2) is 0 Å². The summed E-state index contributed by atoms with van der Waals surface area (Å²) in [6, 6.07) is 15.4. The maximum Gasteiger partial charge on any atom is 0.166 e. The molecule has 0 radical (unpaired) electrons. The Morgan fingerprint density at radius 3 is 2.65 bits per heavy atom. The van der Waals surface area contributed by atoms with Gasteiger partial charge in [0.15, 0.2) is 11.5 Å². The van der Waals surface area contributed by atoms with Crippen molar-refractivity contribution in [1.29, 1.82) is 5.26 Å². The lowest BCUT2D eigenvalue weighted by Gasteiger charge is -2.21. The minimum Gasteiger partial charge on any atom is -0.486 e. The summed E-state index contributed by atoms with van der Waals surface area (Å²) >= 11 is 0. The van der Waals surface area contributed by atoms with Gasteiger partial charge in [0.25, 0.3) is 0 Å². The largest absolute Gasteiger partial charge is 0.486 e. The average Bonchev–Trinajstić information content (AvgIpc) is 2.53. The Balaban J connectivity index is 1.73. The van der Waals surface area contributed by atoms with Crippen molar-refractivity contribution >= 4 is 5.69 Å². The molecule has 0 aliphatic carbocycles. The second-order valence-electron chi connectivity index (χ2n) is 4.48. The smallest absolute Gasteiger partial charge is 0.166 e. The van der Waals surface area contributed by atoms with Gasteiger partial charge in [0.1, 0.15) is 13.2 Å². The molecule has 2 aromatic rings. The van der Waals surface area contributed by atoms with Crippen LogP contribution in [0.25, 0.3) is 0 Å². The van der Waals surface area contributed by atoms with E-state index < -0.39 is 0 Å². The summed E-state index contributed by atoms with van der Waals surface area (Å²) in [7, 11) is 0. The van der Waals surface area contributed by atoms with Crippen LogP contribution in [0.3, 0.4) is 0 Å². The number of ether oxygens (including phenoxy) is 2. The van der Waals surface area contributed by atoms with Crippen molar-refractivity contribution in [1.82, 2.24) is 0 Å². The molecule has 0 amide bonds. The van der Waals surface area contributed by atoms with Crippen molar-refractivity contribution in [2.75, 3.05) is 18.5 Å². The first-order valence-corrected chi connectivity index (χ1v) is 6.48. The molecule has 20 heavy (non-hydrogen) atoms. The summed E-state index contributed by atoms with van der Waals surface area (Å²) in [5.74, 6) is 1.62. The lowest BCUT2D eigenvalue weighted by molar-refractivity contribution is 0.170. The standard InChI is InChI=1S/C16H14N2O2/c17-10-12-4-6-14(7-5-12)18-11-13-2-1-3-15-16(13)20-9-8-19-15/h1-7,18H,8-9,11H2. The van der Waals surface area contributed by atoms with E-state index in [0.717, 1.165) is 22.7 Å². The van der Waals surface area contributed by atoms with Crippen LogP contribution < -0.4 is 14.8 Å². The van der Waals surface area contributed by atoms with Crippen molar-refractivity contribution in [3.8, 4) is 17.6 Å². The number of fused-ring (bicyclic) bond motifs is 1. The Bertz CT molecular complexity index is 645. The normalized spacial score (nSPS) is 12.6. The van der Waals surface area contributed by atoms with Crippen molar-refractivity contribution in [2.45, 2.75) is 6.54 Å². The zero-order chi connectivity index (χ0) is 13.8. The molecule has 1 heterocycles. The highest BCUT2D eigenvalue weighted by atomic mass is 16.6. The molecule has 4 heteroatoms. The van der Waals surface area contributed by atoms with E-state index in [1.807, 2.05) is 30.3 Å². The zero-order valence-electron chi connectivity index (χ0n) is 10.9. The van der Waals surface area contributed by atoms with Crippen molar-refractivity contribution in [3.63, 3.8) is 0 Å². The van der Waals surface area contributed by atoms with Crippen LogP contribution >= 0.6 is 0 Å². The minimum atomic E-state index is 0.584. The number of anilines is 1. The van der Waals surface area contributed by atoms with E-state index in [1.54, 1.807) is 12.1 Å². The average molecular weight is 266 g/mol. The zero-order valence-corrected chi connectivity index (χ0v) is 10.9. The molecular weight excluding hydrogens is 252 g/mol. The summed E-state index contributed by atoms with van der Waals surface area (Å²) in [6.07, 6.45) is 0. The van der Waals surface area contributed by atoms with E-state index in [1.165, 1.54) is 0 Å². The summed E-state index contributed by atoms with van der Waals surface area (Å²) < 4.78 is 11.2. The maximum atomic E-state index is 8.77. The molecule has 100 valence electrons. The second-order valence-corrected chi connectivity index (χ2v) is 4.48.